The van der Waals surface area contributed by atoms with Crippen molar-refractivity contribution in [2.45, 2.75) is 58.2 Å². The fourth-order valence-electron chi connectivity index (χ4n) is 5.58. The van der Waals surface area contributed by atoms with Gasteiger partial charge in [-0.2, -0.15) is 0 Å². The number of aliphatic hydroxyl groups excluding tert-OH is 1. The molecule has 2 aliphatic rings. The van der Waals surface area contributed by atoms with Gasteiger partial charge in [0, 0.05) is 45.2 Å². The number of rotatable bonds is 8. The number of aromatic nitrogens is 2. The molecule has 4 atom stereocenters. The first-order chi connectivity index (χ1) is 19.2. The summed E-state index contributed by atoms with van der Waals surface area (Å²) in [5, 5.41) is 21.1. The number of β-amino-alcohol motifs (C(OH)–C–C–N with tert-alkyl or cyclic N) is 1. The molecule has 2 aromatic heterocycles. The van der Waals surface area contributed by atoms with Gasteiger partial charge in [0.05, 0.1) is 28.2 Å². The lowest BCUT2D eigenvalue weighted by Crippen LogP contribution is -2.48. The molecule has 1 aromatic carbocycles. The van der Waals surface area contributed by atoms with E-state index in [-0.39, 0.29) is 36.7 Å². The van der Waals surface area contributed by atoms with Gasteiger partial charge >= 0.3 is 0 Å². The Morgan fingerprint density at radius 3 is 2.55 bits per heavy atom. The van der Waals surface area contributed by atoms with Crippen LogP contribution in [0.4, 0.5) is 5.82 Å². The number of benzene rings is 1. The highest BCUT2D eigenvalue weighted by atomic mass is 32.1. The number of anilines is 1. The number of carbonyl (C=O) groups is 2. The number of piperazine rings is 1. The number of hydrogen-bond donors (Lipinski definition) is 3. The van der Waals surface area contributed by atoms with E-state index in [0.29, 0.717) is 5.76 Å². The minimum Gasteiger partial charge on any atom is -0.391 e. The van der Waals surface area contributed by atoms with Crippen LogP contribution in [0.2, 0.25) is 0 Å². The van der Waals surface area contributed by atoms with Crippen molar-refractivity contribution in [2.24, 2.45) is 5.92 Å². The van der Waals surface area contributed by atoms with Gasteiger partial charge in [-0.3, -0.25) is 9.59 Å². The average molecular weight is 567 g/mol. The molecule has 2 saturated heterocycles. The molecule has 0 aliphatic carbocycles. The van der Waals surface area contributed by atoms with E-state index >= 15 is 0 Å². The van der Waals surface area contributed by atoms with Gasteiger partial charge in [0.25, 0.3) is 0 Å². The van der Waals surface area contributed by atoms with E-state index in [1.54, 1.807) is 11.3 Å². The summed E-state index contributed by atoms with van der Waals surface area (Å²) in [5.41, 5.74) is 4.87. The van der Waals surface area contributed by atoms with Crippen LogP contribution in [0.3, 0.4) is 0 Å². The molecule has 5 rings (SSSR count). The molecule has 0 saturated carbocycles. The van der Waals surface area contributed by atoms with Gasteiger partial charge in [0.2, 0.25) is 11.8 Å². The van der Waals surface area contributed by atoms with Crippen molar-refractivity contribution in [3.63, 3.8) is 0 Å². The number of nitrogens with one attached hydrogen (secondary N) is 2. The van der Waals surface area contributed by atoms with Crippen LogP contribution >= 0.6 is 11.3 Å². The first kappa shape index (κ1) is 28.3. The molecule has 0 spiro atoms. The minimum atomic E-state index is -0.768. The zero-order chi connectivity index (χ0) is 28.4. The smallest absolute Gasteiger partial charge is 0.243 e. The van der Waals surface area contributed by atoms with Crippen LogP contribution in [0, 0.1) is 12.8 Å². The van der Waals surface area contributed by atoms with E-state index in [1.807, 2.05) is 63.5 Å². The van der Waals surface area contributed by atoms with Crippen LogP contribution in [0.15, 0.2) is 40.4 Å². The van der Waals surface area contributed by atoms with Gasteiger partial charge in [-0.25, -0.2) is 4.98 Å². The van der Waals surface area contributed by atoms with Crippen LogP contribution in [-0.4, -0.2) is 76.8 Å². The monoisotopic (exact) mass is 566 g/mol. The lowest BCUT2D eigenvalue weighted by atomic mass is 9.91. The molecule has 2 amide bonds. The molecule has 0 unspecified atom stereocenters. The van der Waals surface area contributed by atoms with Crippen LogP contribution in [0.1, 0.15) is 56.2 Å². The Hall–Kier alpha value is -3.28. The van der Waals surface area contributed by atoms with Gasteiger partial charge < -0.3 is 30.1 Å². The SMILES string of the molecule is Cc1ncsc1-c1ccc([C@@H](C)NC(=O)[C@@H]2C[C@@H](O)CN2C(=O)[C@H](c2cc(N3CCNCC3)no2)C(C)C)cc1. The highest BCUT2D eigenvalue weighted by Crippen LogP contribution is 2.33. The third-order valence-corrected chi connectivity index (χ3v) is 8.82. The summed E-state index contributed by atoms with van der Waals surface area (Å²) in [6.07, 6.45) is -0.572. The lowest BCUT2D eigenvalue weighted by Gasteiger charge is -2.29. The third-order valence-electron chi connectivity index (χ3n) is 7.84. The number of likely N-dealkylation sites (tertiary alicyclic amines) is 1. The standard InChI is InChI=1S/C29H38N6O4S/c1-17(2)26(24-14-25(33-39-24)34-11-9-30-10-12-34)29(38)35-15-22(36)13-23(35)28(37)32-18(3)20-5-7-21(8-6-20)27-19(4)31-16-40-27/h5-8,14,16-18,22-23,26,30,36H,9-13,15H2,1-4H3,(H,32,37)/t18-,22-,23+,26+/m1/s1. The van der Waals surface area contributed by atoms with E-state index < -0.39 is 18.1 Å². The van der Waals surface area contributed by atoms with Gasteiger partial charge in [-0.05, 0) is 30.9 Å². The Kier molecular flexibility index (Phi) is 8.53. The van der Waals surface area contributed by atoms with Crippen molar-refractivity contribution in [3.05, 3.63) is 52.9 Å². The molecule has 40 heavy (non-hydrogen) atoms. The summed E-state index contributed by atoms with van der Waals surface area (Å²) >= 11 is 1.60. The predicted molar refractivity (Wildman–Crippen MR) is 154 cm³/mol. The molecule has 4 heterocycles. The lowest BCUT2D eigenvalue weighted by molar-refractivity contribution is -0.141. The number of nitrogens with zero attached hydrogens (tertiary/aromatic N) is 4. The van der Waals surface area contributed by atoms with Gasteiger partial charge in [-0.15, -0.1) is 11.3 Å². The summed E-state index contributed by atoms with van der Waals surface area (Å²) in [6.45, 7) is 11.3. The zero-order valence-electron chi connectivity index (χ0n) is 23.5. The molecular formula is C29H38N6O4S. The maximum atomic E-state index is 13.9. The molecule has 0 bridgehead atoms. The van der Waals surface area contributed by atoms with Crippen molar-refractivity contribution >= 4 is 29.0 Å². The second kappa shape index (κ2) is 12.1. The number of carbonyl (C=O) groups excluding carboxylic acids is 2. The van der Waals surface area contributed by atoms with Crippen molar-refractivity contribution in [2.75, 3.05) is 37.6 Å². The molecule has 2 fully saturated rings. The highest BCUT2D eigenvalue weighted by Gasteiger charge is 2.43. The van der Waals surface area contributed by atoms with Gasteiger partial charge in [0.1, 0.15) is 12.0 Å². The quantitative estimate of drug-likeness (QED) is 0.380. The number of aryl methyl sites for hydroxylation is 1. The Balaban J connectivity index is 1.28. The van der Waals surface area contributed by atoms with E-state index in [2.05, 4.69) is 25.7 Å². The van der Waals surface area contributed by atoms with E-state index in [9.17, 15) is 14.7 Å². The van der Waals surface area contributed by atoms with Gasteiger partial charge in [0.15, 0.2) is 11.6 Å². The number of thiazole rings is 1. The first-order valence-corrected chi connectivity index (χ1v) is 14.8. The Labute approximate surface area is 238 Å². The third kappa shape index (κ3) is 5.91. The fraction of sp³-hybridized carbons (Fsp3) is 0.517. The van der Waals surface area contributed by atoms with Crippen LogP contribution in [-0.2, 0) is 9.59 Å². The second-order valence-electron chi connectivity index (χ2n) is 11.1. The summed E-state index contributed by atoms with van der Waals surface area (Å²) in [6, 6.07) is 8.88. The molecule has 214 valence electrons. The summed E-state index contributed by atoms with van der Waals surface area (Å²) in [5.74, 6) is 0.00472. The Bertz CT molecular complexity index is 1320. The normalized spacial score (nSPS) is 21.1. The molecular weight excluding hydrogens is 528 g/mol. The van der Waals surface area contributed by atoms with Crippen molar-refractivity contribution in [1.82, 2.24) is 25.7 Å². The second-order valence-corrected chi connectivity index (χ2v) is 11.9. The summed E-state index contributed by atoms with van der Waals surface area (Å²) in [7, 11) is 0. The highest BCUT2D eigenvalue weighted by molar-refractivity contribution is 7.13. The number of aliphatic hydroxyl groups is 1. The molecule has 10 nitrogen and oxygen atoms in total. The van der Waals surface area contributed by atoms with E-state index in [0.717, 1.165) is 53.7 Å². The first-order valence-electron chi connectivity index (χ1n) is 13.9. The minimum absolute atomic E-state index is 0.0857. The molecule has 3 N–H and O–H groups in total. The zero-order valence-corrected chi connectivity index (χ0v) is 24.3. The largest absolute Gasteiger partial charge is 0.391 e. The van der Waals surface area contributed by atoms with Crippen molar-refractivity contribution < 1.29 is 19.2 Å². The molecule has 11 heteroatoms. The van der Waals surface area contributed by atoms with Gasteiger partial charge in [-0.1, -0.05) is 43.3 Å². The van der Waals surface area contributed by atoms with Crippen molar-refractivity contribution in [3.8, 4) is 10.4 Å². The average Bonchev–Trinajstić information content (AvgIpc) is 3.69. The molecule has 3 aromatic rings. The predicted octanol–water partition coefficient (Wildman–Crippen LogP) is 3.09. The molecule has 0 radical (unpaired) electrons. The summed E-state index contributed by atoms with van der Waals surface area (Å²) in [4.78, 5) is 36.4. The maximum absolute atomic E-state index is 13.9. The van der Waals surface area contributed by atoms with E-state index in [4.69, 9.17) is 4.52 Å². The Morgan fingerprint density at radius 2 is 1.90 bits per heavy atom. The number of hydrogen-bond acceptors (Lipinski definition) is 9. The van der Waals surface area contributed by atoms with Crippen molar-refractivity contribution in [1.29, 1.82) is 0 Å². The van der Waals surface area contributed by atoms with E-state index in [1.165, 1.54) is 4.90 Å². The molecule has 2 aliphatic heterocycles. The number of amides is 2. The summed E-state index contributed by atoms with van der Waals surface area (Å²) < 4.78 is 5.68. The van der Waals surface area contributed by atoms with Crippen LogP contribution in [0.25, 0.3) is 10.4 Å². The topological polar surface area (TPSA) is 124 Å². The van der Waals surface area contributed by atoms with Crippen LogP contribution in [0.5, 0.6) is 0 Å². The van der Waals surface area contributed by atoms with Crippen LogP contribution < -0.4 is 15.5 Å². The Morgan fingerprint density at radius 1 is 1.18 bits per heavy atom. The fourth-order valence-corrected chi connectivity index (χ4v) is 6.40. The maximum Gasteiger partial charge on any atom is 0.243 e.